The number of nitrogens with zero attached hydrogens (tertiary/aromatic N) is 1. The Morgan fingerprint density at radius 3 is 2.53 bits per heavy atom. The fourth-order valence-electron chi connectivity index (χ4n) is 2.44. The number of aliphatic hydroxyl groups is 1. The first-order valence-corrected chi connectivity index (χ1v) is 5.87. The van der Waals surface area contributed by atoms with Gasteiger partial charge in [0.25, 0.3) is 0 Å². The molecule has 0 amide bonds. The molecule has 1 rings (SSSR count). The quantitative estimate of drug-likeness (QED) is 0.700. The minimum Gasteiger partial charge on any atom is -0.395 e. The molecule has 0 aliphatic heterocycles. The van der Waals surface area contributed by atoms with Gasteiger partial charge in [0.2, 0.25) is 0 Å². The zero-order valence-electron chi connectivity index (χ0n) is 9.91. The van der Waals surface area contributed by atoms with E-state index < -0.39 is 0 Å². The number of rotatable bonds is 5. The van der Waals surface area contributed by atoms with Gasteiger partial charge in [-0.3, -0.25) is 0 Å². The lowest BCUT2D eigenvalue weighted by molar-refractivity contribution is -0.119. The van der Waals surface area contributed by atoms with Crippen molar-refractivity contribution in [3.05, 3.63) is 0 Å². The van der Waals surface area contributed by atoms with Crippen molar-refractivity contribution in [2.75, 3.05) is 26.7 Å². The third-order valence-corrected chi connectivity index (χ3v) is 3.59. The zero-order valence-corrected chi connectivity index (χ0v) is 9.91. The lowest BCUT2D eigenvalue weighted by Gasteiger charge is -2.37. The molecule has 1 aliphatic rings. The average molecular weight is 213 g/mol. The Kier molecular flexibility index (Phi) is 4.74. The van der Waals surface area contributed by atoms with Gasteiger partial charge in [0.1, 0.15) is 6.29 Å². The Hall–Kier alpha value is -0.410. The molecule has 0 aromatic carbocycles. The number of hydrogen-bond donors (Lipinski definition) is 1. The first-order chi connectivity index (χ1) is 7.12. The average Bonchev–Trinajstić information content (AvgIpc) is 2.22. The SMILES string of the molecule is CC1CCC(C=O)(CN(C)CCO)CC1. The minimum absolute atomic E-state index is 0.142. The van der Waals surface area contributed by atoms with E-state index in [0.717, 1.165) is 44.4 Å². The molecule has 1 N–H and O–H groups in total. The van der Waals surface area contributed by atoms with E-state index in [1.54, 1.807) is 0 Å². The number of carbonyl (C=O) groups excluding carboxylic acids is 1. The van der Waals surface area contributed by atoms with Gasteiger partial charge in [-0.15, -0.1) is 0 Å². The van der Waals surface area contributed by atoms with Crippen molar-refractivity contribution in [3.8, 4) is 0 Å². The Balaban J connectivity index is 2.49. The van der Waals surface area contributed by atoms with Crippen molar-refractivity contribution in [1.29, 1.82) is 0 Å². The van der Waals surface area contributed by atoms with E-state index in [9.17, 15) is 4.79 Å². The molecule has 0 radical (unpaired) electrons. The van der Waals surface area contributed by atoms with Gasteiger partial charge in [-0.25, -0.2) is 0 Å². The summed E-state index contributed by atoms with van der Waals surface area (Å²) < 4.78 is 0. The number of likely N-dealkylation sites (N-methyl/N-ethyl adjacent to an activating group) is 1. The predicted molar refractivity (Wildman–Crippen MR) is 60.7 cm³/mol. The molecule has 0 aromatic heterocycles. The zero-order chi connectivity index (χ0) is 11.3. The number of aliphatic hydroxyl groups excluding tert-OH is 1. The molecular weight excluding hydrogens is 190 g/mol. The molecule has 0 unspecified atom stereocenters. The summed E-state index contributed by atoms with van der Waals surface area (Å²) in [5.74, 6) is 0.765. The molecule has 1 saturated carbocycles. The molecule has 3 heteroatoms. The largest absolute Gasteiger partial charge is 0.395 e. The van der Waals surface area contributed by atoms with Gasteiger partial charge < -0.3 is 14.8 Å². The lowest BCUT2D eigenvalue weighted by atomic mass is 9.71. The van der Waals surface area contributed by atoms with Crippen LogP contribution in [0.15, 0.2) is 0 Å². The molecule has 0 atom stereocenters. The van der Waals surface area contributed by atoms with Gasteiger partial charge in [0.05, 0.1) is 6.61 Å². The van der Waals surface area contributed by atoms with Crippen LogP contribution in [-0.2, 0) is 4.79 Å². The maximum atomic E-state index is 11.2. The van der Waals surface area contributed by atoms with Gasteiger partial charge >= 0.3 is 0 Å². The first-order valence-electron chi connectivity index (χ1n) is 5.87. The Labute approximate surface area is 92.5 Å². The van der Waals surface area contributed by atoms with Crippen molar-refractivity contribution in [2.45, 2.75) is 32.6 Å². The summed E-state index contributed by atoms with van der Waals surface area (Å²) in [7, 11) is 1.97. The second kappa shape index (κ2) is 5.61. The molecule has 1 aliphatic carbocycles. The second-order valence-corrected chi connectivity index (χ2v) is 5.12. The van der Waals surface area contributed by atoms with Crippen LogP contribution in [0, 0.1) is 11.3 Å². The Morgan fingerprint density at radius 1 is 1.47 bits per heavy atom. The second-order valence-electron chi connectivity index (χ2n) is 5.12. The fourth-order valence-corrected chi connectivity index (χ4v) is 2.44. The van der Waals surface area contributed by atoms with Crippen LogP contribution in [0.1, 0.15) is 32.6 Å². The third-order valence-electron chi connectivity index (χ3n) is 3.59. The molecule has 1 fully saturated rings. The molecule has 0 aromatic rings. The monoisotopic (exact) mass is 213 g/mol. The highest BCUT2D eigenvalue weighted by molar-refractivity contribution is 5.60. The summed E-state index contributed by atoms with van der Waals surface area (Å²) in [4.78, 5) is 13.3. The first kappa shape index (κ1) is 12.7. The maximum absolute atomic E-state index is 11.2. The van der Waals surface area contributed by atoms with Crippen molar-refractivity contribution in [2.24, 2.45) is 11.3 Å². The lowest BCUT2D eigenvalue weighted by Crippen LogP contribution is -2.40. The molecular formula is C12H23NO2. The maximum Gasteiger partial charge on any atom is 0.127 e. The fraction of sp³-hybridized carbons (Fsp3) is 0.917. The summed E-state index contributed by atoms with van der Waals surface area (Å²) in [5.41, 5.74) is -0.142. The summed E-state index contributed by atoms with van der Waals surface area (Å²) in [5, 5.41) is 8.83. The van der Waals surface area contributed by atoms with Crippen LogP contribution in [0.3, 0.4) is 0 Å². The van der Waals surface area contributed by atoms with Gasteiger partial charge in [-0.1, -0.05) is 6.92 Å². The number of aldehydes is 1. The highest BCUT2D eigenvalue weighted by Crippen LogP contribution is 2.37. The third kappa shape index (κ3) is 3.58. The molecule has 0 heterocycles. The summed E-state index contributed by atoms with van der Waals surface area (Å²) >= 11 is 0. The van der Waals surface area contributed by atoms with Crippen molar-refractivity contribution < 1.29 is 9.90 Å². The Bertz CT molecular complexity index is 198. The van der Waals surface area contributed by atoms with Gasteiger partial charge in [0.15, 0.2) is 0 Å². The molecule has 0 bridgehead atoms. The van der Waals surface area contributed by atoms with E-state index in [4.69, 9.17) is 5.11 Å². The number of carbonyl (C=O) groups is 1. The van der Waals surface area contributed by atoms with Crippen LogP contribution in [0.25, 0.3) is 0 Å². The van der Waals surface area contributed by atoms with E-state index in [1.165, 1.54) is 0 Å². The van der Waals surface area contributed by atoms with E-state index in [1.807, 2.05) is 7.05 Å². The van der Waals surface area contributed by atoms with Crippen LogP contribution >= 0.6 is 0 Å². The van der Waals surface area contributed by atoms with E-state index in [-0.39, 0.29) is 12.0 Å². The van der Waals surface area contributed by atoms with Crippen LogP contribution in [-0.4, -0.2) is 43.0 Å². The predicted octanol–water partition coefficient (Wildman–Crippen LogP) is 1.31. The smallest absolute Gasteiger partial charge is 0.127 e. The highest BCUT2D eigenvalue weighted by Gasteiger charge is 2.34. The van der Waals surface area contributed by atoms with E-state index in [0.29, 0.717) is 6.54 Å². The van der Waals surface area contributed by atoms with E-state index in [2.05, 4.69) is 11.8 Å². The van der Waals surface area contributed by atoms with Crippen LogP contribution in [0.5, 0.6) is 0 Å². The molecule has 15 heavy (non-hydrogen) atoms. The standard InChI is InChI=1S/C12H23NO2/c1-11-3-5-12(10-15,6-4-11)9-13(2)7-8-14/h10-11,14H,3-9H2,1-2H3. The van der Waals surface area contributed by atoms with Crippen LogP contribution in [0.2, 0.25) is 0 Å². The Morgan fingerprint density at radius 2 is 2.07 bits per heavy atom. The molecule has 0 saturated heterocycles. The van der Waals surface area contributed by atoms with Crippen molar-refractivity contribution in [3.63, 3.8) is 0 Å². The molecule has 88 valence electrons. The topological polar surface area (TPSA) is 40.5 Å². The minimum atomic E-state index is -0.142. The van der Waals surface area contributed by atoms with Gasteiger partial charge in [-0.2, -0.15) is 0 Å². The van der Waals surface area contributed by atoms with Gasteiger partial charge in [0, 0.05) is 18.5 Å². The summed E-state index contributed by atoms with van der Waals surface area (Å²) in [6.07, 6.45) is 5.48. The van der Waals surface area contributed by atoms with E-state index >= 15 is 0 Å². The molecule has 3 nitrogen and oxygen atoms in total. The van der Waals surface area contributed by atoms with Crippen molar-refractivity contribution >= 4 is 6.29 Å². The highest BCUT2D eigenvalue weighted by atomic mass is 16.3. The molecule has 0 spiro atoms. The summed E-state index contributed by atoms with van der Waals surface area (Å²) in [6, 6.07) is 0. The van der Waals surface area contributed by atoms with Crippen LogP contribution < -0.4 is 0 Å². The normalized spacial score (nSPS) is 31.9. The van der Waals surface area contributed by atoms with Crippen LogP contribution in [0.4, 0.5) is 0 Å². The van der Waals surface area contributed by atoms with Crippen molar-refractivity contribution in [1.82, 2.24) is 4.90 Å². The van der Waals surface area contributed by atoms with Gasteiger partial charge in [-0.05, 0) is 38.6 Å². The summed E-state index contributed by atoms with van der Waals surface area (Å²) in [6.45, 7) is 3.88. The number of hydrogen-bond acceptors (Lipinski definition) is 3.